The summed E-state index contributed by atoms with van der Waals surface area (Å²) in [4.78, 5) is 17.5. The molecule has 2 heteroatoms. The highest BCUT2D eigenvalue weighted by atomic mass is 16.1. The van der Waals surface area contributed by atoms with Crippen molar-refractivity contribution in [2.45, 2.75) is 6.92 Å². The summed E-state index contributed by atoms with van der Waals surface area (Å²) >= 11 is 0. The third kappa shape index (κ3) is 2.83. The molecule has 0 saturated heterocycles. The van der Waals surface area contributed by atoms with Gasteiger partial charge in [-0.1, -0.05) is 84.4 Å². The van der Waals surface area contributed by atoms with Crippen LogP contribution in [-0.4, -0.2) is 10.8 Å². The van der Waals surface area contributed by atoms with Crippen LogP contribution in [0.15, 0.2) is 85.1 Å². The molecular formula is C23H17NO. The Labute approximate surface area is 146 Å². The molecule has 0 N–H and O–H groups in total. The van der Waals surface area contributed by atoms with Crippen LogP contribution in [0.25, 0.3) is 21.9 Å². The van der Waals surface area contributed by atoms with Crippen molar-refractivity contribution in [1.29, 1.82) is 0 Å². The highest BCUT2D eigenvalue weighted by Gasteiger charge is 2.16. The van der Waals surface area contributed by atoms with Crippen LogP contribution in [0.1, 0.15) is 21.6 Å². The van der Waals surface area contributed by atoms with Gasteiger partial charge >= 0.3 is 0 Å². The zero-order valence-electron chi connectivity index (χ0n) is 13.9. The van der Waals surface area contributed by atoms with E-state index in [-0.39, 0.29) is 5.78 Å². The molecule has 120 valence electrons. The van der Waals surface area contributed by atoms with Gasteiger partial charge in [0, 0.05) is 22.7 Å². The molecule has 0 radical (unpaired) electrons. The van der Waals surface area contributed by atoms with Crippen molar-refractivity contribution in [3.63, 3.8) is 0 Å². The van der Waals surface area contributed by atoms with Gasteiger partial charge in [0.1, 0.15) is 5.69 Å². The molecule has 1 aromatic heterocycles. The molecule has 4 aromatic rings. The Kier molecular flexibility index (Phi) is 3.87. The first kappa shape index (κ1) is 15.3. The molecule has 0 unspecified atom stereocenters. The van der Waals surface area contributed by atoms with Crippen molar-refractivity contribution in [2.24, 2.45) is 0 Å². The largest absolute Gasteiger partial charge is 0.287 e. The summed E-state index contributed by atoms with van der Waals surface area (Å²) in [5.74, 6) is -0.0455. The highest BCUT2D eigenvalue weighted by molar-refractivity contribution is 6.16. The molecule has 25 heavy (non-hydrogen) atoms. The number of carbonyl (C=O) groups is 1. The Bertz CT molecular complexity index is 1050. The smallest absolute Gasteiger partial charge is 0.211 e. The average molecular weight is 323 g/mol. The number of aryl methyl sites for hydroxylation is 1. The monoisotopic (exact) mass is 323 g/mol. The maximum absolute atomic E-state index is 13.0. The van der Waals surface area contributed by atoms with Crippen LogP contribution in [0.4, 0.5) is 0 Å². The molecule has 2 nitrogen and oxygen atoms in total. The van der Waals surface area contributed by atoms with Gasteiger partial charge in [-0.3, -0.25) is 9.78 Å². The predicted octanol–water partition coefficient (Wildman–Crippen LogP) is 5.44. The van der Waals surface area contributed by atoms with Crippen molar-refractivity contribution in [2.75, 3.05) is 0 Å². The fraction of sp³-hybridized carbons (Fsp3) is 0.0435. The minimum atomic E-state index is -0.0455. The predicted molar refractivity (Wildman–Crippen MR) is 102 cm³/mol. The third-order valence-electron chi connectivity index (χ3n) is 4.41. The molecule has 1 heterocycles. The third-order valence-corrected chi connectivity index (χ3v) is 4.41. The lowest BCUT2D eigenvalue weighted by molar-refractivity contribution is 0.103. The van der Waals surface area contributed by atoms with Gasteiger partial charge in [0.05, 0.1) is 0 Å². The Balaban J connectivity index is 1.89. The highest BCUT2D eigenvalue weighted by Crippen LogP contribution is 2.30. The zero-order valence-corrected chi connectivity index (χ0v) is 13.9. The number of nitrogens with zero attached hydrogens (tertiary/aromatic N) is 1. The standard InChI is InChI=1S/C23H17NO/c1-16-11-13-18(14-12-16)23(25)22-20-10-6-5-9-19(20)21(15-24-22)17-7-3-2-4-8-17/h2-15H,1H3. The van der Waals surface area contributed by atoms with E-state index in [1.165, 1.54) is 0 Å². The summed E-state index contributed by atoms with van der Waals surface area (Å²) in [6, 6.07) is 25.7. The number of benzene rings is 3. The number of fused-ring (bicyclic) bond motifs is 1. The first-order valence-electron chi connectivity index (χ1n) is 8.28. The van der Waals surface area contributed by atoms with Gasteiger partial charge in [-0.2, -0.15) is 0 Å². The van der Waals surface area contributed by atoms with E-state index in [0.29, 0.717) is 11.3 Å². The first-order valence-corrected chi connectivity index (χ1v) is 8.28. The van der Waals surface area contributed by atoms with Crippen LogP contribution in [0.2, 0.25) is 0 Å². The molecule has 4 rings (SSSR count). The molecule has 0 bridgehead atoms. The summed E-state index contributed by atoms with van der Waals surface area (Å²) < 4.78 is 0. The van der Waals surface area contributed by atoms with Crippen LogP contribution < -0.4 is 0 Å². The second-order valence-corrected chi connectivity index (χ2v) is 6.13. The molecule has 0 aliphatic rings. The molecule has 0 aliphatic carbocycles. The summed E-state index contributed by atoms with van der Waals surface area (Å²) in [5.41, 5.74) is 4.43. The first-order chi connectivity index (χ1) is 12.2. The molecule has 0 saturated carbocycles. The summed E-state index contributed by atoms with van der Waals surface area (Å²) in [5, 5.41) is 1.92. The van der Waals surface area contributed by atoms with E-state index in [0.717, 1.165) is 27.5 Å². The molecule has 0 aliphatic heterocycles. The van der Waals surface area contributed by atoms with Crippen LogP contribution in [0, 0.1) is 6.92 Å². The fourth-order valence-electron chi connectivity index (χ4n) is 3.06. The molecular weight excluding hydrogens is 306 g/mol. The van der Waals surface area contributed by atoms with E-state index < -0.39 is 0 Å². The number of pyridine rings is 1. The normalized spacial score (nSPS) is 10.8. The molecule has 0 atom stereocenters. The SMILES string of the molecule is Cc1ccc(C(=O)c2ncc(-c3ccccc3)c3ccccc23)cc1. The molecule has 0 spiro atoms. The van der Waals surface area contributed by atoms with Gasteiger partial charge in [-0.25, -0.2) is 0 Å². The van der Waals surface area contributed by atoms with E-state index in [2.05, 4.69) is 17.1 Å². The Morgan fingerprint density at radius 2 is 1.40 bits per heavy atom. The number of carbonyl (C=O) groups excluding carboxylic acids is 1. The molecule has 3 aromatic carbocycles. The van der Waals surface area contributed by atoms with Crippen molar-refractivity contribution in [3.05, 3.63) is 102 Å². The van der Waals surface area contributed by atoms with E-state index in [1.807, 2.05) is 73.7 Å². The number of ketones is 1. The van der Waals surface area contributed by atoms with E-state index >= 15 is 0 Å². The summed E-state index contributed by atoms with van der Waals surface area (Å²) in [6.07, 6.45) is 1.80. The maximum atomic E-state index is 13.0. The quantitative estimate of drug-likeness (QED) is 0.470. The van der Waals surface area contributed by atoms with E-state index in [1.54, 1.807) is 6.20 Å². The van der Waals surface area contributed by atoms with Crippen molar-refractivity contribution in [3.8, 4) is 11.1 Å². The summed E-state index contributed by atoms with van der Waals surface area (Å²) in [6.45, 7) is 2.01. The van der Waals surface area contributed by atoms with Crippen molar-refractivity contribution < 1.29 is 4.79 Å². The van der Waals surface area contributed by atoms with Crippen molar-refractivity contribution in [1.82, 2.24) is 4.98 Å². The lowest BCUT2D eigenvalue weighted by Crippen LogP contribution is -2.05. The second kappa shape index (κ2) is 6.33. The minimum absolute atomic E-state index is 0.0455. The van der Waals surface area contributed by atoms with Crippen molar-refractivity contribution >= 4 is 16.6 Å². The second-order valence-electron chi connectivity index (χ2n) is 6.13. The Hall–Kier alpha value is -3.26. The van der Waals surface area contributed by atoms with Gasteiger partial charge in [0.2, 0.25) is 5.78 Å². The summed E-state index contributed by atoms with van der Waals surface area (Å²) in [7, 11) is 0. The zero-order chi connectivity index (χ0) is 17.2. The van der Waals surface area contributed by atoms with Gasteiger partial charge in [-0.05, 0) is 17.9 Å². The van der Waals surface area contributed by atoms with Crippen LogP contribution in [0.5, 0.6) is 0 Å². The average Bonchev–Trinajstić information content (AvgIpc) is 2.68. The Morgan fingerprint density at radius 3 is 2.12 bits per heavy atom. The Morgan fingerprint density at radius 1 is 0.760 bits per heavy atom. The number of hydrogen-bond acceptors (Lipinski definition) is 2. The van der Waals surface area contributed by atoms with Crippen LogP contribution >= 0.6 is 0 Å². The van der Waals surface area contributed by atoms with Gasteiger partial charge in [0.25, 0.3) is 0 Å². The topological polar surface area (TPSA) is 30.0 Å². The van der Waals surface area contributed by atoms with Gasteiger partial charge in [0.15, 0.2) is 0 Å². The lowest BCUT2D eigenvalue weighted by atomic mass is 9.96. The number of aromatic nitrogens is 1. The van der Waals surface area contributed by atoms with Crippen LogP contribution in [-0.2, 0) is 0 Å². The molecule has 0 amide bonds. The number of hydrogen-bond donors (Lipinski definition) is 0. The minimum Gasteiger partial charge on any atom is -0.287 e. The van der Waals surface area contributed by atoms with Crippen LogP contribution in [0.3, 0.4) is 0 Å². The maximum Gasteiger partial charge on any atom is 0.211 e. The van der Waals surface area contributed by atoms with E-state index in [4.69, 9.17) is 0 Å². The lowest BCUT2D eigenvalue weighted by Gasteiger charge is -2.10. The van der Waals surface area contributed by atoms with E-state index in [9.17, 15) is 4.79 Å². The number of rotatable bonds is 3. The van der Waals surface area contributed by atoms with Gasteiger partial charge < -0.3 is 0 Å². The fourth-order valence-corrected chi connectivity index (χ4v) is 3.06. The molecule has 0 fully saturated rings. The van der Waals surface area contributed by atoms with Gasteiger partial charge in [-0.15, -0.1) is 0 Å².